The van der Waals surface area contributed by atoms with Crippen LogP contribution in [0.1, 0.15) is 49.3 Å². The van der Waals surface area contributed by atoms with Gasteiger partial charge in [0.05, 0.1) is 12.1 Å². The average Bonchev–Trinajstić information content (AvgIpc) is 2.41. The van der Waals surface area contributed by atoms with E-state index in [9.17, 15) is 10.2 Å². The van der Waals surface area contributed by atoms with Crippen LogP contribution in [0.15, 0.2) is 18.2 Å². The summed E-state index contributed by atoms with van der Waals surface area (Å²) in [5, 5.41) is 20.4. The van der Waals surface area contributed by atoms with Crippen molar-refractivity contribution in [1.82, 2.24) is 0 Å². The van der Waals surface area contributed by atoms with Crippen molar-refractivity contribution in [3.05, 3.63) is 29.3 Å². The van der Waals surface area contributed by atoms with E-state index in [2.05, 4.69) is 0 Å². The maximum Gasteiger partial charge on any atom is 0.123 e. The first-order valence-corrected chi connectivity index (χ1v) is 6.83. The van der Waals surface area contributed by atoms with Crippen LogP contribution in [0.5, 0.6) is 5.75 Å². The minimum Gasteiger partial charge on any atom is -0.507 e. The zero-order valence-electron chi connectivity index (χ0n) is 11.4. The SMILES string of the molecule is Cc1cccc([C@H](N)[C@H](O)C2CCCCC2)c1O.Cl. The van der Waals surface area contributed by atoms with Crippen molar-refractivity contribution in [2.45, 2.75) is 51.2 Å². The number of para-hydroxylation sites is 1. The van der Waals surface area contributed by atoms with Gasteiger partial charge in [0.25, 0.3) is 0 Å². The lowest BCUT2D eigenvalue weighted by Crippen LogP contribution is -2.34. The average molecular weight is 286 g/mol. The van der Waals surface area contributed by atoms with Gasteiger partial charge in [-0.1, -0.05) is 37.5 Å². The number of aromatic hydroxyl groups is 1. The third-order valence-electron chi connectivity index (χ3n) is 4.13. The highest BCUT2D eigenvalue weighted by molar-refractivity contribution is 5.85. The second-order valence-electron chi connectivity index (χ2n) is 5.43. The number of hydrogen-bond acceptors (Lipinski definition) is 3. The fourth-order valence-corrected chi connectivity index (χ4v) is 2.90. The van der Waals surface area contributed by atoms with Crippen molar-refractivity contribution in [3.8, 4) is 5.75 Å². The number of hydrogen-bond donors (Lipinski definition) is 3. The van der Waals surface area contributed by atoms with Crippen LogP contribution in [0.25, 0.3) is 0 Å². The molecule has 0 heterocycles. The Morgan fingerprint density at radius 2 is 1.84 bits per heavy atom. The normalized spacial score (nSPS) is 19.5. The zero-order chi connectivity index (χ0) is 13.1. The predicted molar refractivity (Wildman–Crippen MR) is 79.6 cm³/mol. The maximum absolute atomic E-state index is 10.4. The molecule has 1 saturated carbocycles. The number of aliphatic hydroxyl groups is 1. The van der Waals surface area contributed by atoms with Gasteiger partial charge in [0.1, 0.15) is 5.75 Å². The van der Waals surface area contributed by atoms with Gasteiger partial charge in [0.2, 0.25) is 0 Å². The first-order chi connectivity index (χ1) is 8.61. The summed E-state index contributed by atoms with van der Waals surface area (Å²) in [6.07, 6.45) is 5.14. The Morgan fingerprint density at radius 3 is 2.47 bits per heavy atom. The molecule has 1 aromatic rings. The molecule has 4 heteroatoms. The molecule has 2 rings (SSSR count). The molecule has 4 N–H and O–H groups in total. The first kappa shape index (κ1) is 16.3. The Hall–Kier alpha value is -0.770. The summed E-state index contributed by atoms with van der Waals surface area (Å²) in [5.74, 6) is 0.494. The predicted octanol–water partition coefficient (Wildman–Crippen LogP) is 3.06. The van der Waals surface area contributed by atoms with Crippen molar-refractivity contribution in [2.75, 3.05) is 0 Å². The van der Waals surface area contributed by atoms with Crippen LogP contribution in [0, 0.1) is 12.8 Å². The molecule has 0 spiro atoms. The van der Waals surface area contributed by atoms with E-state index in [1.165, 1.54) is 19.3 Å². The van der Waals surface area contributed by atoms with E-state index in [1.54, 1.807) is 6.07 Å². The van der Waals surface area contributed by atoms with Crippen LogP contribution >= 0.6 is 12.4 Å². The molecular weight excluding hydrogens is 262 g/mol. The summed E-state index contributed by atoms with van der Waals surface area (Å²) in [4.78, 5) is 0. The minimum atomic E-state index is -0.557. The molecule has 1 aromatic carbocycles. The lowest BCUT2D eigenvalue weighted by Gasteiger charge is -2.31. The Morgan fingerprint density at radius 1 is 1.21 bits per heavy atom. The maximum atomic E-state index is 10.4. The van der Waals surface area contributed by atoms with Gasteiger partial charge in [-0.05, 0) is 31.2 Å². The third kappa shape index (κ3) is 3.62. The molecule has 1 aliphatic rings. The van der Waals surface area contributed by atoms with Crippen LogP contribution in [-0.4, -0.2) is 16.3 Å². The lowest BCUT2D eigenvalue weighted by molar-refractivity contribution is 0.0611. The van der Waals surface area contributed by atoms with E-state index in [0.717, 1.165) is 18.4 Å². The Bertz CT molecular complexity index is 405. The zero-order valence-corrected chi connectivity index (χ0v) is 12.2. The summed E-state index contributed by atoms with van der Waals surface area (Å²) in [6.45, 7) is 1.85. The van der Waals surface area contributed by atoms with Gasteiger partial charge >= 0.3 is 0 Å². The standard InChI is InChI=1S/C15H23NO2.ClH/c1-10-6-5-9-12(14(10)17)13(16)15(18)11-7-3-2-4-8-11;/h5-6,9,11,13,15,17-18H,2-4,7-8,16H2,1H3;1H/t13-,15+;/m0./s1. The molecule has 2 atom stereocenters. The molecule has 0 saturated heterocycles. The van der Waals surface area contributed by atoms with E-state index in [0.29, 0.717) is 5.56 Å². The summed E-state index contributed by atoms with van der Waals surface area (Å²) in [5.41, 5.74) is 7.59. The van der Waals surface area contributed by atoms with Crippen molar-refractivity contribution in [1.29, 1.82) is 0 Å². The van der Waals surface area contributed by atoms with Gasteiger partial charge in [-0.3, -0.25) is 0 Å². The van der Waals surface area contributed by atoms with Gasteiger partial charge in [-0.25, -0.2) is 0 Å². The van der Waals surface area contributed by atoms with Crippen molar-refractivity contribution >= 4 is 12.4 Å². The molecule has 1 fully saturated rings. The summed E-state index contributed by atoms with van der Waals surface area (Å²) >= 11 is 0. The second-order valence-corrected chi connectivity index (χ2v) is 5.43. The molecule has 0 amide bonds. The Kier molecular flexibility index (Phi) is 6.11. The molecule has 0 aromatic heterocycles. The molecule has 0 aliphatic heterocycles. The number of phenolic OH excluding ortho intramolecular Hbond substituents is 1. The van der Waals surface area contributed by atoms with Crippen LogP contribution in [0.3, 0.4) is 0 Å². The third-order valence-corrected chi connectivity index (χ3v) is 4.13. The van der Waals surface area contributed by atoms with Gasteiger partial charge in [-0.15, -0.1) is 12.4 Å². The Labute approximate surface area is 121 Å². The molecule has 19 heavy (non-hydrogen) atoms. The molecule has 3 nitrogen and oxygen atoms in total. The van der Waals surface area contributed by atoms with E-state index >= 15 is 0 Å². The van der Waals surface area contributed by atoms with E-state index in [4.69, 9.17) is 5.73 Å². The number of phenols is 1. The molecule has 0 radical (unpaired) electrons. The highest BCUT2D eigenvalue weighted by Crippen LogP contribution is 2.34. The van der Waals surface area contributed by atoms with Crippen molar-refractivity contribution in [3.63, 3.8) is 0 Å². The summed E-state index contributed by atoms with van der Waals surface area (Å²) in [7, 11) is 0. The fraction of sp³-hybridized carbons (Fsp3) is 0.600. The highest BCUT2D eigenvalue weighted by Gasteiger charge is 2.29. The minimum absolute atomic E-state index is 0. The number of nitrogens with two attached hydrogens (primary N) is 1. The lowest BCUT2D eigenvalue weighted by atomic mass is 9.81. The van der Waals surface area contributed by atoms with Crippen molar-refractivity contribution in [2.24, 2.45) is 11.7 Å². The van der Waals surface area contributed by atoms with Gasteiger partial charge in [0.15, 0.2) is 0 Å². The second kappa shape index (κ2) is 7.13. The highest BCUT2D eigenvalue weighted by atomic mass is 35.5. The molecule has 0 bridgehead atoms. The molecule has 108 valence electrons. The molecule has 0 unspecified atom stereocenters. The number of aliphatic hydroxyl groups excluding tert-OH is 1. The summed E-state index contributed by atoms with van der Waals surface area (Å²) < 4.78 is 0. The van der Waals surface area contributed by atoms with Gasteiger partial charge < -0.3 is 15.9 Å². The fourth-order valence-electron chi connectivity index (χ4n) is 2.90. The van der Waals surface area contributed by atoms with E-state index in [-0.39, 0.29) is 24.1 Å². The summed E-state index contributed by atoms with van der Waals surface area (Å²) in [6, 6.07) is 5.03. The van der Waals surface area contributed by atoms with E-state index < -0.39 is 12.1 Å². The van der Waals surface area contributed by atoms with Crippen LogP contribution in [0.4, 0.5) is 0 Å². The number of benzene rings is 1. The monoisotopic (exact) mass is 285 g/mol. The van der Waals surface area contributed by atoms with Crippen LogP contribution < -0.4 is 5.73 Å². The molecule has 1 aliphatic carbocycles. The van der Waals surface area contributed by atoms with Crippen LogP contribution in [-0.2, 0) is 0 Å². The van der Waals surface area contributed by atoms with Crippen LogP contribution in [0.2, 0.25) is 0 Å². The van der Waals surface area contributed by atoms with Gasteiger partial charge in [-0.2, -0.15) is 0 Å². The quantitative estimate of drug-likeness (QED) is 0.799. The number of halogens is 1. The number of aryl methyl sites for hydroxylation is 1. The smallest absolute Gasteiger partial charge is 0.123 e. The van der Waals surface area contributed by atoms with Gasteiger partial charge in [0, 0.05) is 5.56 Å². The largest absolute Gasteiger partial charge is 0.507 e. The Balaban J connectivity index is 0.00000180. The van der Waals surface area contributed by atoms with Crippen molar-refractivity contribution < 1.29 is 10.2 Å². The van der Waals surface area contributed by atoms with E-state index in [1.807, 2.05) is 19.1 Å². The first-order valence-electron chi connectivity index (χ1n) is 6.83. The number of rotatable bonds is 3. The topological polar surface area (TPSA) is 66.5 Å². The molecular formula is C15H24ClNO2.